The third-order valence-electron chi connectivity index (χ3n) is 4.23. The van der Waals surface area contributed by atoms with Crippen molar-refractivity contribution in [1.29, 1.82) is 0 Å². The summed E-state index contributed by atoms with van der Waals surface area (Å²) in [7, 11) is 0. The van der Waals surface area contributed by atoms with Gasteiger partial charge in [-0.05, 0) is 19.1 Å². The van der Waals surface area contributed by atoms with Crippen LogP contribution in [0.4, 0.5) is 4.39 Å². The number of hydrogen-bond donors (Lipinski definition) is 3. The summed E-state index contributed by atoms with van der Waals surface area (Å²) >= 11 is 0. The maximum absolute atomic E-state index is 14.0. The largest absolute Gasteiger partial charge is 0.391 e. The van der Waals surface area contributed by atoms with Crippen LogP contribution in [0.1, 0.15) is 16.2 Å². The van der Waals surface area contributed by atoms with Gasteiger partial charge < -0.3 is 15.7 Å². The standard InChI is InChI=1S/C17H19FN4O3/c1-10-6-14(23)16(17(25)20-8-11-7-19-9-15(11)24)21-22(10)13-5-3-2-4-12(13)18/h2-6,11,15,19,24H,7-9H2,1H3,(H,20,25). The number of nitrogens with one attached hydrogen (secondary N) is 2. The Kier molecular flexibility index (Phi) is 4.91. The normalized spacial score (nSPS) is 19.8. The number of aryl methyl sites for hydroxylation is 1. The van der Waals surface area contributed by atoms with Crippen molar-refractivity contribution in [2.24, 2.45) is 5.92 Å². The molecule has 2 atom stereocenters. The summed E-state index contributed by atoms with van der Waals surface area (Å²) in [5.41, 5.74) is -0.270. The summed E-state index contributed by atoms with van der Waals surface area (Å²) < 4.78 is 15.2. The number of rotatable bonds is 4. The Morgan fingerprint density at radius 2 is 2.20 bits per heavy atom. The van der Waals surface area contributed by atoms with Crippen molar-refractivity contribution in [2.75, 3.05) is 19.6 Å². The molecule has 1 amide bonds. The van der Waals surface area contributed by atoms with E-state index in [9.17, 15) is 19.1 Å². The molecule has 1 aromatic heterocycles. The van der Waals surface area contributed by atoms with Crippen LogP contribution < -0.4 is 16.1 Å². The van der Waals surface area contributed by atoms with E-state index in [0.29, 0.717) is 18.8 Å². The molecule has 8 heteroatoms. The molecule has 2 heterocycles. The van der Waals surface area contributed by atoms with Crippen LogP contribution in [0.5, 0.6) is 0 Å². The molecule has 132 valence electrons. The highest BCUT2D eigenvalue weighted by Crippen LogP contribution is 2.13. The zero-order valence-electron chi connectivity index (χ0n) is 13.7. The first-order valence-electron chi connectivity index (χ1n) is 8.00. The molecule has 7 nitrogen and oxygen atoms in total. The number of β-amino-alcohol motifs (C(OH)–C–C–N with tert-alkyl or cyclic N) is 1. The smallest absolute Gasteiger partial charge is 0.275 e. The zero-order chi connectivity index (χ0) is 18.0. The van der Waals surface area contributed by atoms with Crippen molar-refractivity contribution >= 4 is 5.91 Å². The maximum atomic E-state index is 14.0. The van der Waals surface area contributed by atoms with Gasteiger partial charge in [0.1, 0.15) is 11.5 Å². The summed E-state index contributed by atoms with van der Waals surface area (Å²) in [5.74, 6) is -1.27. The van der Waals surface area contributed by atoms with Gasteiger partial charge in [0, 0.05) is 37.3 Å². The van der Waals surface area contributed by atoms with Crippen molar-refractivity contribution in [3.63, 3.8) is 0 Å². The highest BCUT2D eigenvalue weighted by Gasteiger charge is 2.26. The van der Waals surface area contributed by atoms with Gasteiger partial charge in [0.05, 0.1) is 6.10 Å². The first kappa shape index (κ1) is 17.2. The molecule has 1 fully saturated rings. The molecular formula is C17H19FN4O3. The van der Waals surface area contributed by atoms with Gasteiger partial charge in [0.2, 0.25) is 5.43 Å². The van der Waals surface area contributed by atoms with E-state index in [0.717, 1.165) is 0 Å². The Balaban J connectivity index is 1.86. The number of halogens is 1. The molecule has 1 saturated heterocycles. The number of carbonyl (C=O) groups excluding carboxylic acids is 1. The van der Waals surface area contributed by atoms with Crippen molar-refractivity contribution in [2.45, 2.75) is 13.0 Å². The van der Waals surface area contributed by atoms with E-state index in [2.05, 4.69) is 15.7 Å². The van der Waals surface area contributed by atoms with Gasteiger partial charge >= 0.3 is 0 Å². The number of carbonyl (C=O) groups is 1. The Bertz CT molecular complexity index is 852. The van der Waals surface area contributed by atoms with Gasteiger partial charge in [-0.15, -0.1) is 0 Å². The van der Waals surface area contributed by atoms with Gasteiger partial charge in [0.25, 0.3) is 5.91 Å². The summed E-state index contributed by atoms with van der Waals surface area (Å²) in [6.45, 7) is 2.90. The second kappa shape index (κ2) is 7.12. The molecule has 1 aromatic carbocycles. The SMILES string of the molecule is Cc1cc(=O)c(C(=O)NCC2CNCC2O)nn1-c1ccccc1F. The van der Waals surface area contributed by atoms with Crippen LogP contribution >= 0.6 is 0 Å². The average molecular weight is 346 g/mol. The van der Waals surface area contributed by atoms with Gasteiger partial charge in [-0.25, -0.2) is 9.07 Å². The second-order valence-corrected chi connectivity index (χ2v) is 6.06. The Hall–Kier alpha value is -2.58. The van der Waals surface area contributed by atoms with E-state index >= 15 is 0 Å². The molecule has 2 aromatic rings. The van der Waals surface area contributed by atoms with Crippen molar-refractivity contribution in [3.8, 4) is 5.69 Å². The lowest BCUT2D eigenvalue weighted by atomic mass is 10.1. The van der Waals surface area contributed by atoms with Crippen LogP contribution in [-0.4, -0.2) is 46.5 Å². The molecule has 0 saturated carbocycles. The summed E-state index contributed by atoms with van der Waals surface area (Å²) in [6, 6.07) is 7.24. The molecule has 3 rings (SSSR count). The third-order valence-corrected chi connectivity index (χ3v) is 4.23. The molecule has 25 heavy (non-hydrogen) atoms. The van der Waals surface area contributed by atoms with Crippen LogP contribution in [0, 0.1) is 18.7 Å². The van der Waals surface area contributed by atoms with E-state index in [1.165, 1.54) is 22.9 Å². The molecule has 0 bridgehead atoms. The molecule has 2 unspecified atom stereocenters. The molecule has 0 spiro atoms. The van der Waals surface area contributed by atoms with Crippen LogP contribution in [0.15, 0.2) is 35.1 Å². The molecule has 0 aliphatic carbocycles. The highest BCUT2D eigenvalue weighted by atomic mass is 19.1. The zero-order valence-corrected chi connectivity index (χ0v) is 13.7. The molecule has 0 radical (unpaired) electrons. The monoisotopic (exact) mass is 346 g/mol. The van der Waals surface area contributed by atoms with E-state index in [1.807, 2.05) is 0 Å². The number of aliphatic hydroxyl groups is 1. The number of aromatic nitrogens is 2. The van der Waals surface area contributed by atoms with E-state index in [-0.39, 0.29) is 23.8 Å². The van der Waals surface area contributed by atoms with Gasteiger partial charge in [-0.2, -0.15) is 5.10 Å². The quantitative estimate of drug-likeness (QED) is 0.724. The minimum Gasteiger partial charge on any atom is -0.391 e. The first-order chi connectivity index (χ1) is 12.0. The van der Waals surface area contributed by atoms with Crippen molar-refractivity contribution < 1.29 is 14.3 Å². The van der Waals surface area contributed by atoms with Crippen LogP contribution in [0.2, 0.25) is 0 Å². The number of para-hydroxylation sites is 1. The topological polar surface area (TPSA) is 96.2 Å². The number of nitrogens with zero attached hydrogens (tertiary/aromatic N) is 2. The predicted molar refractivity (Wildman–Crippen MR) is 89.2 cm³/mol. The van der Waals surface area contributed by atoms with Gasteiger partial charge in [0.15, 0.2) is 5.69 Å². The van der Waals surface area contributed by atoms with Crippen molar-refractivity contribution in [1.82, 2.24) is 20.4 Å². The molecule has 1 aliphatic heterocycles. The fourth-order valence-corrected chi connectivity index (χ4v) is 2.81. The average Bonchev–Trinajstić information content (AvgIpc) is 2.99. The predicted octanol–water partition coefficient (Wildman–Crippen LogP) is -0.00988. The summed E-state index contributed by atoms with van der Waals surface area (Å²) in [4.78, 5) is 24.4. The number of amides is 1. The minimum absolute atomic E-state index is 0.122. The second-order valence-electron chi connectivity index (χ2n) is 6.06. The van der Waals surface area contributed by atoms with E-state index in [4.69, 9.17) is 0 Å². The summed E-state index contributed by atoms with van der Waals surface area (Å²) in [5, 5.41) is 19.4. The van der Waals surface area contributed by atoms with Crippen LogP contribution in [0.3, 0.4) is 0 Å². The lowest BCUT2D eigenvalue weighted by molar-refractivity contribution is 0.0919. The molecule has 1 aliphatic rings. The maximum Gasteiger partial charge on any atom is 0.275 e. The first-order valence-corrected chi connectivity index (χ1v) is 8.00. The lowest BCUT2D eigenvalue weighted by Gasteiger charge is -2.15. The van der Waals surface area contributed by atoms with Gasteiger partial charge in [-0.1, -0.05) is 12.1 Å². The Morgan fingerprint density at radius 1 is 1.44 bits per heavy atom. The van der Waals surface area contributed by atoms with Crippen LogP contribution in [-0.2, 0) is 0 Å². The molecular weight excluding hydrogens is 327 g/mol. The highest BCUT2D eigenvalue weighted by molar-refractivity contribution is 5.92. The Labute approximate surface area is 143 Å². The summed E-state index contributed by atoms with van der Waals surface area (Å²) in [6.07, 6.45) is -0.540. The number of aliphatic hydroxyl groups excluding tert-OH is 1. The van der Waals surface area contributed by atoms with Crippen LogP contribution in [0.25, 0.3) is 5.69 Å². The Morgan fingerprint density at radius 3 is 2.88 bits per heavy atom. The fraction of sp³-hybridized carbons (Fsp3) is 0.353. The number of hydrogen-bond acceptors (Lipinski definition) is 5. The molecule has 3 N–H and O–H groups in total. The van der Waals surface area contributed by atoms with E-state index < -0.39 is 23.3 Å². The fourth-order valence-electron chi connectivity index (χ4n) is 2.81. The van der Waals surface area contributed by atoms with Crippen molar-refractivity contribution in [3.05, 3.63) is 57.8 Å². The minimum atomic E-state index is -0.644. The third kappa shape index (κ3) is 3.59. The number of benzene rings is 1. The van der Waals surface area contributed by atoms with Gasteiger partial charge in [-0.3, -0.25) is 9.59 Å². The van der Waals surface area contributed by atoms with E-state index in [1.54, 1.807) is 19.1 Å². The lowest BCUT2D eigenvalue weighted by Crippen LogP contribution is -2.37.